The van der Waals surface area contributed by atoms with E-state index in [0.717, 1.165) is 18.5 Å². The van der Waals surface area contributed by atoms with Crippen LogP contribution >= 0.6 is 0 Å². The number of nitrogens with zero attached hydrogens (tertiary/aromatic N) is 1. The summed E-state index contributed by atoms with van der Waals surface area (Å²) in [6.45, 7) is 4.47. The summed E-state index contributed by atoms with van der Waals surface area (Å²) in [7, 11) is 0. The molecule has 0 fully saturated rings. The molecule has 0 amide bonds. The van der Waals surface area contributed by atoms with E-state index in [1.54, 1.807) is 6.92 Å². The second-order valence-electron chi connectivity index (χ2n) is 6.99. The fourth-order valence-corrected chi connectivity index (χ4v) is 3.13. The van der Waals surface area contributed by atoms with Crippen LogP contribution in [0.2, 0.25) is 0 Å². The number of rotatable bonds is 16. The number of H-pyrrole nitrogens is 1. The van der Waals surface area contributed by atoms with Gasteiger partial charge in [-0.1, -0.05) is 84.0 Å². The molecule has 0 aromatic carbocycles. The van der Waals surface area contributed by atoms with Gasteiger partial charge in [-0.3, -0.25) is 5.10 Å². The van der Waals surface area contributed by atoms with Crippen LogP contribution in [0, 0.1) is 0 Å². The van der Waals surface area contributed by atoms with E-state index in [9.17, 15) is 4.79 Å². The Morgan fingerprint density at radius 3 is 1.92 bits per heavy atom. The third kappa shape index (κ3) is 11.0. The molecule has 25 heavy (non-hydrogen) atoms. The van der Waals surface area contributed by atoms with Gasteiger partial charge in [0.1, 0.15) is 0 Å². The molecule has 1 N–H and O–H groups in total. The molecule has 0 spiro atoms. The smallest absolute Gasteiger partial charge is 0.358 e. The van der Waals surface area contributed by atoms with Gasteiger partial charge in [-0.2, -0.15) is 5.10 Å². The normalized spacial score (nSPS) is 11.0. The van der Waals surface area contributed by atoms with Crippen LogP contribution in [-0.2, 0) is 11.2 Å². The lowest BCUT2D eigenvalue weighted by Gasteiger charge is -2.02. The highest BCUT2D eigenvalue weighted by Crippen LogP contribution is 2.13. The van der Waals surface area contributed by atoms with E-state index in [-0.39, 0.29) is 5.97 Å². The molecule has 4 nitrogen and oxygen atoms in total. The highest BCUT2D eigenvalue weighted by molar-refractivity contribution is 5.87. The summed E-state index contributed by atoms with van der Waals surface area (Å²) in [6.07, 6.45) is 18.7. The van der Waals surface area contributed by atoms with Gasteiger partial charge in [0, 0.05) is 5.69 Å². The molecule has 1 aromatic rings. The van der Waals surface area contributed by atoms with Gasteiger partial charge in [-0.15, -0.1) is 0 Å². The Balaban J connectivity index is 1.90. The maximum atomic E-state index is 11.5. The van der Waals surface area contributed by atoms with Crippen molar-refractivity contribution in [1.82, 2.24) is 10.2 Å². The maximum Gasteiger partial charge on any atom is 0.358 e. The van der Waals surface area contributed by atoms with E-state index in [1.807, 2.05) is 6.07 Å². The highest BCUT2D eigenvalue weighted by Gasteiger charge is 2.10. The monoisotopic (exact) mass is 350 g/mol. The molecule has 0 unspecified atom stereocenters. The largest absolute Gasteiger partial charge is 0.461 e. The maximum absolute atomic E-state index is 11.5. The Kier molecular flexibility index (Phi) is 13.0. The van der Waals surface area contributed by atoms with Crippen LogP contribution in [0.3, 0.4) is 0 Å². The molecular weight excluding hydrogens is 312 g/mol. The van der Waals surface area contributed by atoms with Crippen molar-refractivity contribution in [3.63, 3.8) is 0 Å². The van der Waals surface area contributed by atoms with Gasteiger partial charge in [0.15, 0.2) is 5.69 Å². The van der Waals surface area contributed by atoms with Gasteiger partial charge >= 0.3 is 5.97 Å². The number of nitrogens with one attached hydrogen (secondary N) is 1. The average Bonchev–Trinajstić information content (AvgIpc) is 3.08. The number of carbonyl (C=O) groups is 1. The first kappa shape index (κ1) is 21.7. The first-order valence-electron chi connectivity index (χ1n) is 10.5. The molecule has 0 aliphatic rings. The summed E-state index contributed by atoms with van der Waals surface area (Å²) in [4.78, 5) is 11.5. The zero-order valence-electron chi connectivity index (χ0n) is 16.4. The number of carbonyl (C=O) groups excluding carboxylic acids is 1. The molecule has 0 saturated carbocycles. The van der Waals surface area contributed by atoms with Crippen LogP contribution in [0.5, 0.6) is 0 Å². The van der Waals surface area contributed by atoms with Gasteiger partial charge in [0.05, 0.1) is 6.61 Å². The second-order valence-corrected chi connectivity index (χ2v) is 6.99. The third-order valence-corrected chi connectivity index (χ3v) is 4.67. The third-order valence-electron chi connectivity index (χ3n) is 4.67. The van der Waals surface area contributed by atoms with Gasteiger partial charge in [-0.25, -0.2) is 4.79 Å². The number of aryl methyl sites for hydroxylation is 1. The van der Waals surface area contributed by atoms with Crippen molar-refractivity contribution in [3.8, 4) is 0 Å². The number of ether oxygens (including phenoxy) is 1. The molecule has 0 aliphatic heterocycles. The quantitative estimate of drug-likeness (QED) is 0.284. The predicted octanol–water partition coefficient (Wildman–Crippen LogP) is 6.22. The summed E-state index contributed by atoms with van der Waals surface area (Å²) < 4.78 is 4.94. The fraction of sp³-hybridized carbons (Fsp3) is 0.810. The first-order valence-corrected chi connectivity index (χ1v) is 10.5. The Morgan fingerprint density at radius 2 is 1.40 bits per heavy atom. The van der Waals surface area contributed by atoms with Crippen LogP contribution < -0.4 is 0 Å². The van der Waals surface area contributed by atoms with Crippen LogP contribution in [-0.4, -0.2) is 22.8 Å². The standard InChI is InChI=1S/C21H38N2O2/c1-3-5-6-7-8-9-10-11-12-13-14-15-16-17-19-18-20(23-22-19)21(24)25-4-2/h18H,3-17H2,1-2H3,(H,22,23). The first-order chi connectivity index (χ1) is 12.3. The lowest BCUT2D eigenvalue weighted by Crippen LogP contribution is -2.04. The van der Waals surface area contributed by atoms with Gasteiger partial charge in [-0.05, 0) is 25.8 Å². The zero-order valence-corrected chi connectivity index (χ0v) is 16.4. The van der Waals surface area contributed by atoms with Gasteiger partial charge in [0.25, 0.3) is 0 Å². The van der Waals surface area contributed by atoms with E-state index in [4.69, 9.17) is 4.74 Å². The number of hydrogen-bond donors (Lipinski definition) is 1. The Bertz CT molecular complexity index is 443. The zero-order chi connectivity index (χ0) is 18.2. The molecule has 0 atom stereocenters. The summed E-state index contributed by atoms with van der Waals surface area (Å²) >= 11 is 0. The van der Waals surface area contributed by atoms with Crippen molar-refractivity contribution >= 4 is 5.97 Å². The molecular formula is C21H38N2O2. The SMILES string of the molecule is CCCCCCCCCCCCCCCc1cc(C(=O)OCC)n[nH]1. The van der Waals surface area contributed by atoms with E-state index >= 15 is 0 Å². The molecule has 1 heterocycles. The molecule has 144 valence electrons. The van der Waals surface area contributed by atoms with Gasteiger partial charge < -0.3 is 4.74 Å². The molecule has 0 bridgehead atoms. The number of unbranched alkanes of at least 4 members (excludes halogenated alkanes) is 12. The Morgan fingerprint density at radius 1 is 0.880 bits per heavy atom. The predicted molar refractivity (Wildman–Crippen MR) is 104 cm³/mol. The van der Waals surface area contributed by atoms with Crippen LogP contribution in [0.1, 0.15) is 114 Å². The van der Waals surface area contributed by atoms with Crippen LogP contribution in [0.25, 0.3) is 0 Å². The highest BCUT2D eigenvalue weighted by atomic mass is 16.5. The minimum atomic E-state index is -0.338. The molecule has 0 radical (unpaired) electrons. The van der Waals surface area contributed by atoms with E-state index in [0.29, 0.717) is 12.3 Å². The Labute approximate surface area is 154 Å². The molecule has 4 heteroatoms. The van der Waals surface area contributed by atoms with Crippen molar-refractivity contribution in [3.05, 3.63) is 17.5 Å². The van der Waals surface area contributed by atoms with Crippen molar-refractivity contribution in [2.45, 2.75) is 104 Å². The van der Waals surface area contributed by atoms with Crippen molar-refractivity contribution < 1.29 is 9.53 Å². The van der Waals surface area contributed by atoms with Crippen molar-refractivity contribution in [2.24, 2.45) is 0 Å². The minimum Gasteiger partial charge on any atom is -0.461 e. The fourth-order valence-electron chi connectivity index (χ4n) is 3.13. The van der Waals surface area contributed by atoms with Crippen molar-refractivity contribution in [1.29, 1.82) is 0 Å². The molecule has 0 aliphatic carbocycles. The van der Waals surface area contributed by atoms with E-state index < -0.39 is 0 Å². The van der Waals surface area contributed by atoms with E-state index in [1.165, 1.54) is 77.0 Å². The average molecular weight is 351 g/mol. The van der Waals surface area contributed by atoms with Crippen LogP contribution in [0.15, 0.2) is 6.07 Å². The second kappa shape index (κ2) is 15.0. The van der Waals surface area contributed by atoms with Crippen LogP contribution in [0.4, 0.5) is 0 Å². The van der Waals surface area contributed by atoms with Gasteiger partial charge in [0.2, 0.25) is 0 Å². The number of esters is 1. The Hall–Kier alpha value is -1.32. The topological polar surface area (TPSA) is 55.0 Å². The van der Waals surface area contributed by atoms with Crippen molar-refractivity contribution in [2.75, 3.05) is 6.61 Å². The molecule has 0 saturated heterocycles. The number of aromatic amines is 1. The number of aromatic nitrogens is 2. The summed E-state index contributed by atoms with van der Waals surface area (Å²) in [6, 6.07) is 1.82. The van der Waals surface area contributed by atoms with E-state index in [2.05, 4.69) is 17.1 Å². The minimum absolute atomic E-state index is 0.338. The lowest BCUT2D eigenvalue weighted by molar-refractivity contribution is 0.0519. The molecule has 1 rings (SSSR count). The number of hydrogen-bond acceptors (Lipinski definition) is 3. The summed E-state index contributed by atoms with van der Waals surface area (Å²) in [5.74, 6) is -0.338. The summed E-state index contributed by atoms with van der Waals surface area (Å²) in [5, 5.41) is 6.95. The molecule has 1 aromatic heterocycles. The summed E-state index contributed by atoms with van der Waals surface area (Å²) in [5.41, 5.74) is 1.43. The lowest BCUT2D eigenvalue weighted by atomic mass is 10.0.